The van der Waals surface area contributed by atoms with Crippen LogP contribution in [-0.2, 0) is 17.8 Å². The summed E-state index contributed by atoms with van der Waals surface area (Å²) in [6.07, 6.45) is 2.46. The highest BCUT2D eigenvalue weighted by molar-refractivity contribution is 5.85. The summed E-state index contributed by atoms with van der Waals surface area (Å²) in [7, 11) is 2.14. The molecule has 0 unspecified atom stereocenters. The molecule has 4 rings (SSSR count). The maximum Gasteiger partial charge on any atom is 0.213 e. The van der Waals surface area contributed by atoms with Crippen LogP contribution in [0.3, 0.4) is 0 Å². The molecule has 2 aliphatic rings. The summed E-state index contributed by atoms with van der Waals surface area (Å²) in [6, 6.07) is 14.9. The monoisotopic (exact) mass is 425 g/mol. The zero-order chi connectivity index (χ0) is 21.8. The molecule has 0 atom stereocenters. The van der Waals surface area contributed by atoms with Crippen LogP contribution in [0.2, 0.25) is 0 Å². The Morgan fingerprint density at radius 3 is 2.32 bits per heavy atom. The summed E-state index contributed by atoms with van der Waals surface area (Å²) in [6.45, 7) is 7.57. The quantitative estimate of drug-likeness (QED) is 0.646. The number of hydrogen-bond donors (Lipinski definition) is 0. The van der Waals surface area contributed by atoms with Crippen LogP contribution in [0.25, 0.3) is 0 Å². The molecule has 2 heterocycles. The van der Waals surface area contributed by atoms with Crippen molar-refractivity contribution in [2.45, 2.75) is 45.4 Å². The van der Waals surface area contributed by atoms with Gasteiger partial charge in [-0.3, -0.25) is 0 Å². The molecule has 0 aromatic heterocycles. The number of likely N-dealkylation sites (tertiary alicyclic amines) is 1. The fourth-order valence-corrected chi connectivity index (χ4v) is 4.08. The van der Waals surface area contributed by atoms with Crippen LogP contribution in [0.4, 0.5) is 4.39 Å². The van der Waals surface area contributed by atoms with E-state index in [-0.39, 0.29) is 5.82 Å². The lowest BCUT2D eigenvalue weighted by Crippen LogP contribution is -2.54. The van der Waals surface area contributed by atoms with Gasteiger partial charge in [0.15, 0.2) is 5.84 Å². The zero-order valence-corrected chi connectivity index (χ0v) is 18.7. The fraction of sp³-hybridized carbons (Fsp3) is 0.480. The standard InChI is InChI=1S/C25H32FN3O2/c1-19(2)18-30-23-10-6-20(7-11-23)16-24-27-31-25(12-14-28(3)15-13-25)29(24)17-21-4-8-22(26)9-5-21/h4-11,19H,12-18H2,1-3H3. The van der Waals surface area contributed by atoms with Gasteiger partial charge in [-0.25, -0.2) is 4.39 Å². The second-order valence-electron chi connectivity index (χ2n) is 9.09. The minimum Gasteiger partial charge on any atom is -0.493 e. The summed E-state index contributed by atoms with van der Waals surface area (Å²) in [5.41, 5.74) is 1.79. The molecule has 0 saturated carbocycles. The van der Waals surface area contributed by atoms with Gasteiger partial charge in [-0.1, -0.05) is 43.3 Å². The molecule has 1 saturated heterocycles. The lowest BCUT2D eigenvalue weighted by Gasteiger charge is -2.42. The van der Waals surface area contributed by atoms with Crippen molar-refractivity contribution in [1.29, 1.82) is 0 Å². The van der Waals surface area contributed by atoms with Crippen LogP contribution in [0.5, 0.6) is 5.75 Å². The van der Waals surface area contributed by atoms with Crippen LogP contribution < -0.4 is 4.74 Å². The van der Waals surface area contributed by atoms with E-state index in [4.69, 9.17) is 9.57 Å². The summed E-state index contributed by atoms with van der Waals surface area (Å²) in [4.78, 5) is 10.7. The van der Waals surface area contributed by atoms with E-state index in [2.05, 4.69) is 48.0 Å². The number of ether oxygens (including phenoxy) is 1. The Morgan fingerprint density at radius 2 is 1.68 bits per heavy atom. The average Bonchev–Trinajstić information content (AvgIpc) is 3.08. The third-order valence-electron chi connectivity index (χ3n) is 6.02. The first-order chi connectivity index (χ1) is 14.9. The minimum atomic E-state index is -0.420. The number of rotatable bonds is 7. The van der Waals surface area contributed by atoms with Crippen LogP contribution in [0.15, 0.2) is 53.7 Å². The summed E-state index contributed by atoms with van der Waals surface area (Å²) >= 11 is 0. The maximum atomic E-state index is 13.4. The Morgan fingerprint density at radius 1 is 1.03 bits per heavy atom. The van der Waals surface area contributed by atoms with Crippen LogP contribution >= 0.6 is 0 Å². The number of benzene rings is 2. The van der Waals surface area contributed by atoms with Crippen molar-refractivity contribution < 1.29 is 14.0 Å². The topological polar surface area (TPSA) is 37.3 Å². The van der Waals surface area contributed by atoms with Crippen molar-refractivity contribution in [2.24, 2.45) is 11.1 Å². The third-order valence-corrected chi connectivity index (χ3v) is 6.02. The van der Waals surface area contributed by atoms with Gasteiger partial charge in [0.1, 0.15) is 11.6 Å². The normalized spacial score (nSPS) is 18.4. The molecule has 31 heavy (non-hydrogen) atoms. The van der Waals surface area contributed by atoms with E-state index in [9.17, 15) is 4.39 Å². The van der Waals surface area contributed by atoms with Gasteiger partial charge in [-0.2, -0.15) is 0 Å². The third kappa shape index (κ3) is 5.18. The van der Waals surface area contributed by atoms with E-state index < -0.39 is 5.72 Å². The first-order valence-corrected chi connectivity index (χ1v) is 11.1. The van der Waals surface area contributed by atoms with Crippen molar-refractivity contribution in [3.63, 3.8) is 0 Å². The molecule has 6 heteroatoms. The first kappa shape index (κ1) is 21.6. The lowest BCUT2D eigenvalue weighted by molar-refractivity contribution is -0.133. The molecular weight excluding hydrogens is 393 g/mol. The van der Waals surface area contributed by atoms with Crippen molar-refractivity contribution in [3.8, 4) is 5.75 Å². The smallest absolute Gasteiger partial charge is 0.213 e. The Hall–Kier alpha value is -2.60. The van der Waals surface area contributed by atoms with Gasteiger partial charge in [0.2, 0.25) is 5.72 Å². The number of oxime groups is 1. The van der Waals surface area contributed by atoms with E-state index in [0.717, 1.165) is 48.6 Å². The average molecular weight is 426 g/mol. The van der Waals surface area contributed by atoms with Gasteiger partial charge in [0.25, 0.3) is 0 Å². The predicted molar refractivity (Wildman–Crippen MR) is 120 cm³/mol. The molecule has 0 N–H and O–H groups in total. The van der Waals surface area contributed by atoms with Crippen molar-refractivity contribution in [2.75, 3.05) is 26.7 Å². The van der Waals surface area contributed by atoms with Crippen LogP contribution in [0, 0.1) is 11.7 Å². The largest absolute Gasteiger partial charge is 0.493 e. The van der Waals surface area contributed by atoms with Crippen molar-refractivity contribution >= 4 is 5.84 Å². The number of amidine groups is 1. The number of nitrogens with zero attached hydrogens (tertiary/aromatic N) is 3. The molecular formula is C25H32FN3O2. The Kier molecular flexibility index (Phi) is 6.46. The van der Waals surface area contributed by atoms with Gasteiger partial charge < -0.3 is 19.4 Å². The Labute approximate surface area is 184 Å². The van der Waals surface area contributed by atoms with E-state index in [1.807, 2.05) is 24.3 Å². The van der Waals surface area contributed by atoms with Crippen molar-refractivity contribution in [3.05, 3.63) is 65.5 Å². The first-order valence-electron chi connectivity index (χ1n) is 11.1. The van der Waals surface area contributed by atoms with E-state index >= 15 is 0 Å². The number of halogens is 1. The summed E-state index contributed by atoms with van der Waals surface area (Å²) < 4.78 is 19.2. The predicted octanol–water partition coefficient (Wildman–Crippen LogP) is 4.67. The summed E-state index contributed by atoms with van der Waals surface area (Å²) in [5.74, 6) is 2.08. The zero-order valence-electron chi connectivity index (χ0n) is 18.7. The molecule has 0 radical (unpaired) electrons. The van der Waals surface area contributed by atoms with Gasteiger partial charge in [-0.15, -0.1) is 0 Å². The molecule has 0 amide bonds. The Balaban J connectivity index is 1.50. The van der Waals surface area contributed by atoms with Gasteiger partial charge in [0, 0.05) is 38.9 Å². The number of hydrogen-bond acceptors (Lipinski definition) is 5. The molecule has 2 aliphatic heterocycles. The molecule has 2 aromatic carbocycles. The molecule has 1 spiro atoms. The molecule has 0 bridgehead atoms. The SMILES string of the molecule is CC(C)COc1ccc(CC2=NOC3(CCN(C)CC3)N2Cc2ccc(F)cc2)cc1. The summed E-state index contributed by atoms with van der Waals surface area (Å²) in [5, 5.41) is 4.53. The van der Waals surface area contributed by atoms with Gasteiger partial charge >= 0.3 is 0 Å². The number of piperidine rings is 1. The highest BCUT2D eigenvalue weighted by Crippen LogP contribution is 2.37. The van der Waals surface area contributed by atoms with Crippen LogP contribution in [0.1, 0.15) is 37.8 Å². The van der Waals surface area contributed by atoms with Crippen LogP contribution in [-0.4, -0.2) is 48.1 Å². The fourth-order valence-electron chi connectivity index (χ4n) is 4.08. The second kappa shape index (κ2) is 9.27. The minimum absolute atomic E-state index is 0.218. The molecule has 166 valence electrons. The Bertz CT molecular complexity index is 888. The van der Waals surface area contributed by atoms with Gasteiger partial charge in [0.05, 0.1) is 6.61 Å². The lowest BCUT2D eigenvalue weighted by atomic mass is 9.97. The molecule has 2 aromatic rings. The maximum absolute atomic E-state index is 13.4. The van der Waals surface area contributed by atoms with Crippen molar-refractivity contribution in [1.82, 2.24) is 9.80 Å². The molecule has 5 nitrogen and oxygen atoms in total. The van der Waals surface area contributed by atoms with E-state index in [1.165, 1.54) is 12.1 Å². The molecule has 1 fully saturated rings. The highest BCUT2D eigenvalue weighted by Gasteiger charge is 2.47. The molecule has 0 aliphatic carbocycles. The highest BCUT2D eigenvalue weighted by atomic mass is 19.1. The van der Waals surface area contributed by atoms with E-state index in [0.29, 0.717) is 25.5 Å². The van der Waals surface area contributed by atoms with Gasteiger partial charge in [-0.05, 0) is 48.4 Å². The second-order valence-corrected chi connectivity index (χ2v) is 9.09. The van der Waals surface area contributed by atoms with E-state index in [1.54, 1.807) is 0 Å².